The number of hydrogen-bond donors (Lipinski definition) is 1. The van der Waals surface area contributed by atoms with Gasteiger partial charge in [-0.3, -0.25) is 4.79 Å². The lowest BCUT2D eigenvalue weighted by atomic mass is 10.0. The molecule has 1 fully saturated rings. The number of nitrogens with zero attached hydrogens (tertiary/aromatic N) is 2. The first kappa shape index (κ1) is 13.0. The Kier molecular flexibility index (Phi) is 4.25. The van der Waals surface area contributed by atoms with Gasteiger partial charge in [0.1, 0.15) is 11.5 Å². The van der Waals surface area contributed by atoms with Gasteiger partial charge in [-0.2, -0.15) is 0 Å². The third-order valence-electron chi connectivity index (χ3n) is 3.22. The summed E-state index contributed by atoms with van der Waals surface area (Å²) in [4.78, 5) is 17.7. The number of halogens is 1. The summed E-state index contributed by atoms with van der Waals surface area (Å²) in [6.07, 6.45) is 3.00. The van der Waals surface area contributed by atoms with Crippen LogP contribution in [0.25, 0.3) is 0 Å². The molecule has 0 aromatic carbocycles. The van der Waals surface area contributed by atoms with E-state index in [1.54, 1.807) is 4.90 Å². The highest BCUT2D eigenvalue weighted by atomic mass is 19.1. The first-order chi connectivity index (χ1) is 8.70. The van der Waals surface area contributed by atoms with E-state index in [2.05, 4.69) is 17.2 Å². The third kappa shape index (κ3) is 3.04. The van der Waals surface area contributed by atoms with Gasteiger partial charge >= 0.3 is 0 Å². The van der Waals surface area contributed by atoms with Crippen molar-refractivity contribution in [3.05, 3.63) is 29.8 Å². The molecule has 4 nitrogen and oxygen atoms in total. The highest BCUT2D eigenvalue weighted by Gasteiger charge is 2.23. The minimum Gasteiger partial charge on any atom is -0.337 e. The maximum atomic E-state index is 12.7. The Morgan fingerprint density at radius 2 is 2.22 bits per heavy atom. The Labute approximate surface area is 106 Å². The van der Waals surface area contributed by atoms with Gasteiger partial charge in [0, 0.05) is 19.1 Å². The molecule has 0 aliphatic carbocycles. The zero-order chi connectivity index (χ0) is 13.0. The lowest BCUT2D eigenvalue weighted by molar-refractivity contribution is 0.0700. The number of aromatic nitrogens is 1. The lowest BCUT2D eigenvalue weighted by Gasteiger charge is -2.32. The zero-order valence-corrected chi connectivity index (χ0v) is 10.5. The minimum atomic E-state index is -0.419. The molecule has 1 aliphatic heterocycles. The quantitative estimate of drug-likeness (QED) is 0.884. The monoisotopic (exact) mass is 251 g/mol. The predicted molar refractivity (Wildman–Crippen MR) is 66.8 cm³/mol. The minimum absolute atomic E-state index is 0.107. The van der Waals surface area contributed by atoms with Crippen LogP contribution in [0.3, 0.4) is 0 Å². The highest BCUT2D eigenvalue weighted by molar-refractivity contribution is 5.92. The van der Waals surface area contributed by atoms with E-state index in [1.807, 2.05) is 0 Å². The van der Waals surface area contributed by atoms with E-state index in [0.29, 0.717) is 11.7 Å². The van der Waals surface area contributed by atoms with Gasteiger partial charge in [-0.25, -0.2) is 9.37 Å². The molecule has 2 rings (SSSR count). The smallest absolute Gasteiger partial charge is 0.272 e. The average Bonchev–Trinajstić information content (AvgIpc) is 2.40. The summed E-state index contributed by atoms with van der Waals surface area (Å²) in [5.41, 5.74) is 0.318. The number of hydrogen-bond acceptors (Lipinski definition) is 3. The fraction of sp³-hybridized carbons (Fsp3) is 0.538. The number of rotatable bonds is 3. The molecule has 0 radical (unpaired) electrons. The second-order valence-corrected chi connectivity index (χ2v) is 4.49. The molecule has 1 aliphatic rings. The van der Waals surface area contributed by atoms with E-state index in [1.165, 1.54) is 12.1 Å². The van der Waals surface area contributed by atoms with Gasteiger partial charge in [-0.15, -0.1) is 0 Å². The highest BCUT2D eigenvalue weighted by Crippen LogP contribution is 2.13. The predicted octanol–water partition coefficient (Wildman–Crippen LogP) is 1.43. The van der Waals surface area contributed by atoms with Crippen LogP contribution in [0.5, 0.6) is 0 Å². The van der Waals surface area contributed by atoms with Gasteiger partial charge in [-0.05, 0) is 31.5 Å². The van der Waals surface area contributed by atoms with Crippen LogP contribution in [0.2, 0.25) is 0 Å². The van der Waals surface area contributed by atoms with Crippen LogP contribution in [-0.4, -0.2) is 41.5 Å². The Morgan fingerprint density at radius 3 is 2.78 bits per heavy atom. The topological polar surface area (TPSA) is 45.2 Å². The summed E-state index contributed by atoms with van der Waals surface area (Å²) in [5, 5.41) is 3.39. The number of nitrogens with one attached hydrogen (secondary N) is 1. The molecule has 18 heavy (non-hydrogen) atoms. The maximum absolute atomic E-state index is 12.7. The molecule has 1 aromatic heterocycles. The second kappa shape index (κ2) is 5.91. The van der Waals surface area contributed by atoms with Crippen LogP contribution in [0.15, 0.2) is 18.3 Å². The normalized spacial score (nSPS) is 16.9. The first-order valence-electron chi connectivity index (χ1n) is 6.35. The Bertz CT molecular complexity index is 399. The molecule has 0 unspecified atom stereocenters. The van der Waals surface area contributed by atoms with Crippen molar-refractivity contribution >= 4 is 5.91 Å². The number of carbonyl (C=O) groups excluding carboxylic acids is 1. The number of carbonyl (C=O) groups is 1. The molecule has 0 saturated carbocycles. The summed E-state index contributed by atoms with van der Waals surface area (Å²) >= 11 is 0. The molecule has 0 atom stereocenters. The molecule has 1 amide bonds. The molecule has 98 valence electrons. The summed E-state index contributed by atoms with van der Waals surface area (Å²) in [6, 6.07) is 3.21. The van der Waals surface area contributed by atoms with E-state index >= 15 is 0 Å². The summed E-state index contributed by atoms with van der Waals surface area (Å²) < 4.78 is 12.7. The van der Waals surface area contributed by atoms with Crippen molar-refractivity contribution in [3.8, 4) is 0 Å². The average molecular weight is 251 g/mol. The van der Waals surface area contributed by atoms with Crippen LogP contribution in [0.4, 0.5) is 4.39 Å². The summed E-state index contributed by atoms with van der Waals surface area (Å²) in [5.74, 6) is -0.526. The standard InChI is InChI=1S/C13H18FN3O/c1-2-15-11-5-7-17(8-6-11)13(18)12-4-3-10(14)9-16-12/h3-4,9,11,15H,2,5-8H2,1H3. The van der Waals surface area contributed by atoms with Crippen molar-refractivity contribution in [2.24, 2.45) is 0 Å². The van der Waals surface area contributed by atoms with Crippen LogP contribution in [-0.2, 0) is 0 Å². The molecular formula is C13H18FN3O. The van der Waals surface area contributed by atoms with Gasteiger partial charge in [0.25, 0.3) is 5.91 Å². The van der Waals surface area contributed by atoms with Gasteiger partial charge in [0.05, 0.1) is 6.20 Å². The van der Waals surface area contributed by atoms with Gasteiger partial charge < -0.3 is 10.2 Å². The van der Waals surface area contributed by atoms with Crippen LogP contribution < -0.4 is 5.32 Å². The van der Waals surface area contributed by atoms with Crippen LogP contribution in [0, 0.1) is 5.82 Å². The van der Waals surface area contributed by atoms with Gasteiger partial charge in [-0.1, -0.05) is 6.92 Å². The van der Waals surface area contributed by atoms with Crippen molar-refractivity contribution in [3.63, 3.8) is 0 Å². The molecule has 5 heteroatoms. The van der Waals surface area contributed by atoms with E-state index in [4.69, 9.17) is 0 Å². The van der Waals surface area contributed by atoms with E-state index < -0.39 is 5.82 Å². The van der Waals surface area contributed by atoms with E-state index in [0.717, 1.165) is 38.7 Å². The number of likely N-dealkylation sites (tertiary alicyclic amines) is 1. The molecule has 1 saturated heterocycles. The Balaban J connectivity index is 1.93. The SMILES string of the molecule is CCNC1CCN(C(=O)c2ccc(F)cn2)CC1. The van der Waals surface area contributed by atoms with Crippen molar-refractivity contribution in [1.82, 2.24) is 15.2 Å². The van der Waals surface area contributed by atoms with Crippen LogP contribution in [0.1, 0.15) is 30.3 Å². The Morgan fingerprint density at radius 1 is 1.50 bits per heavy atom. The summed E-state index contributed by atoms with van der Waals surface area (Å²) in [7, 11) is 0. The van der Waals surface area contributed by atoms with Gasteiger partial charge in [0.2, 0.25) is 0 Å². The van der Waals surface area contributed by atoms with Gasteiger partial charge in [0.15, 0.2) is 0 Å². The van der Waals surface area contributed by atoms with Crippen molar-refractivity contribution in [2.45, 2.75) is 25.8 Å². The third-order valence-corrected chi connectivity index (χ3v) is 3.22. The van der Waals surface area contributed by atoms with E-state index in [-0.39, 0.29) is 5.91 Å². The van der Waals surface area contributed by atoms with Crippen molar-refractivity contribution in [1.29, 1.82) is 0 Å². The number of amides is 1. The number of piperidine rings is 1. The first-order valence-corrected chi connectivity index (χ1v) is 6.35. The van der Waals surface area contributed by atoms with Crippen molar-refractivity contribution in [2.75, 3.05) is 19.6 Å². The largest absolute Gasteiger partial charge is 0.337 e. The molecule has 0 bridgehead atoms. The van der Waals surface area contributed by atoms with Crippen LogP contribution >= 0.6 is 0 Å². The fourth-order valence-corrected chi connectivity index (χ4v) is 2.24. The lowest BCUT2D eigenvalue weighted by Crippen LogP contribution is -2.45. The second-order valence-electron chi connectivity index (χ2n) is 4.49. The molecule has 1 aromatic rings. The Hall–Kier alpha value is -1.49. The molecule has 1 N–H and O–H groups in total. The molecular weight excluding hydrogens is 233 g/mol. The molecule has 0 spiro atoms. The van der Waals surface area contributed by atoms with Crippen molar-refractivity contribution < 1.29 is 9.18 Å². The fourth-order valence-electron chi connectivity index (χ4n) is 2.24. The maximum Gasteiger partial charge on any atom is 0.272 e. The number of pyridine rings is 1. The van der Waals surface area contributed by atoms with E-state index in [9.17, 15) is 9.18 Å². The molecule has 2 heterocycles. The zero-order valence-electron chi connectivity index (χ0n) is 10.5. The summed E-state index contributed by atoms with van der Waals surface area (Å²) in [6.45, 7) is 4.50.